The van der Waals surface area contributed by atoms with Gasteiger partial charge >= 0.3 is 11.9 Å². The quantitative estimate of drug-likeness (QED) is 0.282. The molecule has 0 saturated heterocycles. The predicted octanol–water partition coefficient (Wildman–Crippen LogP) is 5.38. The standard InChI is InChI=1S/C24H34O5/c1-8-22(29-24(26)16(2)3)18(5)23(14-17(4)15-27-20(7)25)28-19(6)21-12-10-9-11-13-21/h8-13,16,18-19,23H,4,14-15H2,1-3,5-7H3/b22-8-/t18-,19+,23+/m1/s1. The lowest BCUT2D eigenvalue weighted by Gasteiger charge is -2.30. The maximum absolute atomic E-state index is 12.1. The fourth-order valence-corrected chi connectivity index (χ4v) is 2.79. The first-order valence-electron chi connectivity index (χ1n) is 10.0. The molecule has 0 saturated carbocycles. The number of hydrogen-bond acceptors (Lipinski definition) is 5. The normalized spacial score (nSPS) is 14.8. The van der Waals surface area contributed by atoms with Gasteiger partial charge in [0.1, 0.15) is 12.4 Å². The Bertz CT molecular complexity index is 705. The lowest BCUT2D eigenvalue weighted by atomic mass is 9.95. The Morgan fingerprint density at radius 1 is 1.10 bits per heavy atom. The van der Waals surface area contributed by atoms with Crippen molar-refractivity contribution in [3.05, 3.63) is 59.9 Å². The molecule has 0 N–H and O–H groups in total. The van der Waals surface area contributed by atoms with Crippen molar-refractivity contribution in [1.82, 2.24) is 0 Å². The summed E-state index contributed by atoms with van der Waals surface area (Å²) < 4.78 is 17.0. The first-order chi connectivity index (χ1) is 13.6. The summed E-state index contributed by atoms with van der Waals surface area (Å²) in [6.07, 6.45) is 1.80. The van der Waals surface area contributed by atoms with E-state index in [2.05, 4.69) is 6.58 Å². The van der Waals surface area contributed by atoms with Gasteiger partial charge in [0.15, 0.2) is 0 Å². The topological polar surface area (TPSA) is 61.8 Å². The number of benzene rings is 1. The Morgan fingerprint density at radius 3 is 2.24 bits per heavy atom. The molecular formula is C24H34O5. The van der Waals surface area contributed by atoms with E-state index in [1.807, 2.05) is 51.1 Å². The second-order valence-electron chi connectivity index (χ2n) is 7.52. The van der Waals surface area contributed by atoms with Crippen LogP contribution in [-0.2, 0) is 23.8 Å². The van der Waals surface area contributed by atoms with E-state index in [4.69, 9.17) is 14.2 Å². The molecule has 1 aromatic carbocycles. The van der Waals surface area contributed by atoms with E-state index < -0.39 is 0 Å². The van der Waals surface area contributed by atoms with Crippen LogP contribution < -0.4 is 0 Å². The van der Waals surface area contributed by atoms with Crippen LogP contribution in [0.15, 0.2) is 54.3 Å². The van der Waals surface area contributed by atoms with Gasteiger partial charge in [-0.25, -0.2) is 0 Å². The first-order valence-corrected chi connectivity index (χ1v) is 10.0. The van der Waals surface area contributed by atoms with Crippen LogP contribution in [0.2, 0.25) is 0 Å². The minimum atomic E-state index is -0.352. The molecule has 160 valence electrons. The van der Waals surface area contributed by atoms with Crippen molar-refractivity contribution < 1.29 is 23.8 Å². The van der Waals surface area contributed by atoms with Gasteiger partial charge in [-0.2, -0.15) is 0 Å². The van der Waals surface area contributed by atoms with Crippen LogP contribution in [0, 0.1) is 11.8 Å². The van der Waals surface area contributed by atoms with Crippen molar-refractivity contribution in [3.63, 3.8) is 0 Å². The van der Waals surface area contributed by atoms with Gasteiger partial charge in [-0.15, -0.1) is 0 Å². The molecule has 0 aromatic heterocycles. The molecule has 29 heavy (non-hydrogen) atoms. The van der Waals surface area contributed by atoms with Crippen LogP contribution in [0.25, 0.3) is 0 Å². The molecule has 0 radical (unpaired) electrons. The van der Waals surface area contributed by atoms with Gasteiger partial charge in [0.05, 0.1) is 18.1 Å². The van der Waals surface area contributed by atoms with E-state index in [0.29, 0.717) is 12.2 Å². The lowest BCUT2D eigenvalue weighted by Crippen LogP contribution is -2.28. The molecule has 0 aliphatic carbocycles. The maximum Gasteiger partial charge on any atom is 0.313 e. The molecule has 1 rings (SSSR count). The van der Waals surface area contributed by atoms with Gasteiger partial charge in [-0.1, -0.05) is 57.7 Å². The van der Waals surface area contributed by atoms with Crippen LogP contribution >= 0.6 is 0 Å². The van der Waals surface area contributed by atoms with Crippen LogP contribution in [0.5, 0.6) is 0 Å². The molecule has 3 atom stereocenters. The molecule has 0 fully saturated rings. The zero-order valence-electron chi connectivity index (χ0n) is 18.4. The Morgan fingerprint density at radius 2 is 1.72 bits per heavy atom. The van der Waals surface area contributed by atoms with Gasteiger partial charge < -0.3 is 14.2 Å². The molecule has 5 heteroatoms. The summed E-state index contributed by atoms with van der Waals surface area (Å²) in [4.78, 5) is 23.2. The van der Waals surface area contributed by atoms with E-state index in [-0.39, 0.29) is 42.6 Å². The molecular weight excluding hydrogens is 368 g/mol. The Kier molecular flexibility index (Phi) is 10.4. The number of esters is 2. The molecule has 0 amide bonds. The lowest BCUT2D eigenvalue weighted by molar-refractivity contribution is -0.145. The number of hydrogen-bond donors (Lipinski definition) is 0. The van der Waals surface area contributed by atoms with E-state index in [9.17, 15) is 9.59 Å². The average molecular weight is 403 g/mol. The monoisotopic (exact) mass is 402 g/mol. The third kappa shape index (κ3) is 8.65. The van der Waals surface area contributed by atoms with Gasteiger partial charge in [-0.05, 0) is 37.5 Å². The molecule has 0 bridgehead atoms. The average Bonchev–Trinajstić information content (AvgIpc) is 2.69. The summed E-state index contributed by atoms with van der Waals surface area (Å²) in [5.41, 5.74) is 1.79. The number of allylic oxidation sites excluding steroid dienone is 1. The minimum absolute atomic E-state index is 0.137. The van der Waals surface area contributed by atoms with E-state index in [1.54, 1.807) is 19.9 Å². The SMILES string of the molecule is C=C(COC(C)=O)C[C@H](O[C@@H](C)c1ccccc1)[C@H](C)/C(=C/C)OC(=O)C(C)C. The maximum atomic E-state index is 12.1. The summed E-state index contributed by atoms with van der Waals surface area (Å²) in [7, 11) is 0. The highest BCUT2D eigenvalue weighted by Crippen LogP contribution is 2.29. The molecule has 0 heterocycles. The fraction of sp³-hybridized carbons (Fsp3) is 0.500. The third-order valence-corrected chi connectivity index (χ3v) is 4.60. The van der Waals surface area contributed by atoms with Crippen molar-refractivity contribution in [3.8, 4) is 0 Å². The van der Waals surface area contributed by atoms with Gasteiger partial charge in [0, 0.05) is 12.8 Å². The Hall–Kier alpha value is -2.40. The van der Waals surface area contributed by atoms with Crippen LogP contribution in [-0.4, -0.2) is 24.6 Å². The minimum Gasteiger partial charge on any atom is -0.461 e. The van der Waals surface area contributed by atoms with Crippen LogP contribution in [0.1, 0.15) is 59.6 Å². The summed E-state index contributed by atoms with van der Waals surface area (Å²) in [5, 5.41) is 0. The van der Waals surface area contributed by atoms with Crippen LogP contribution in [0.4, 0.5) is 0 Å². The number of carbonyl (C=O) groups excluding carboxylic acids is 2. The highest BCUT2D eigenvalue weighted by Gasteiger charge is 2.28. The second-order valence-corrected chi connectivity index (χ2v) is 7.52. The van der Waals surface area contributed by atoms with Gasteiger partial charge in [0.25, 0.3) is 0 Å². The van der Waals surface area contributed by atoms with Crippen molar-refractivity contribution in [1.29, 1.82) is 0 Å². The molecule has 0 unspecified atom stereocenters. The summed E-state index contributed by atoms with van der Waals surface area (Å²) in [5.74, 6) is -0.483. The van der Waals surface area contributed by atoms with Gasteiger partial charge in [0.2, 0.25) is 0 Å². The third-order valence-electron chi connectivity index (χ3n) is 4.60. The summed E-state index contributed by atoms with van der Waals surface area (Å²) >= 11 is 0. The van der Waals surface area contributed by atoms with E-state index >= 15 is 0 Å². The molecule has 0 spiro atoms. The second kappa shape index (κ2) is 12.2. The fourth-order valence-electron chi connectivity index (χ4n) is 2.79. The Balaban J connectivity index is 2.99. The van der Waals surface area contributed by atoms with E-state index in [0.717, 1.165) is 11.1 Å². The highest BCUT2D eigenvalue weighted by molar-refractivity contribution is 5.72. The smallest absolute Gasteiger partial charge is 0.313 e. The molecule has 0 aliphatic heterocycles. The van der Waals surface area contributed by atoms with Crippen molar-refractivity contribution in [2.24, 2.45) is 11.8 Å². The zero-order chi connectivity index (χ0) is 22.0. The van der Waals surface area contributed by atoms with Crippen molar-refractivity contribution in [2.45, 2.75) is 60.2 Å². The van der Waals surface area contributed by atoms with Crippen molar-refractivity contribution >= 4 is 11.9 Å². The van der Waals surface area contributed by atoms with Gasteiger partial charge in [-0.3, -0.25) is 9.59 Å². The largest absolute Gasteiger partial charge is 0.461 e. The Labute approximate surface area is 174 Å². The van der Waals surface area contributed by atoms with Crippen molar-refractivity contribution in [2.75, 3.05) is 6.61 Å². The summed E-state index contributed by atoms with van der Waals surface area (Å²) in [6, 6.07) is 9.91. The molecule has 0 aliphatic rings. The number of rotatable bonds is 11. The number of ether oxygens (including phenoxy) is 3. The first kappa shape index (κ1) is 24.6. The zero-order valence-corrected chi connectivity index (χ0v) is 18.4. The molecule has 5 nitrogen and oxygen atoms in total. The highest BCUT2D eigenvalue weighted by atomic mass is 16.5. The molecule has 1 aromatic rings. The predicted molar refractivity (Wildman–Crippen MR) is 114 cm³/mol. The van der Waals surface area contributed by atoms with E-state index in [1.165, 1.54) is 6.92 Å². The summed E-state index contributed by atoms with van der Waals surface area (Å²) in [6.45, 7) is 14.9. The number of carbonyl (C=O) groups is 2. The van der Waals surface area contributed by atoms with Crippen LogP contribution in [0.3, 0.4) is 0 Å².